The van der Waals surface area contributed by atoms with Gasteiger partial charge in [-0.25, -0.2) is 0 Å². The first kappa shape index (κ1) is 16.5. The molecule has 0 radical (unpaired) electrons. The van der Waals surface area contributed by atoms with Gasteiger partial charge in [0.1, 0.15) is 12.4 Å². The van der Waals surface area contributed by atoms with Gasteiger partial charge in [-0.15, -0.1) is 10.2 Å². The Labute approximate surface area is 144 Å². The summed E-state index contributed by atoms with van der Waals surface area (Å²) < 4.78 is 11.2. The highest BCUT2D eigenvalue weighted by atomic mass is 32.2. The molecule has 1 atom stereocenters. The fourth-order valence-corrected chi connectivity index (χ4v) is 2.75. The second-order valence-corrected chi connectivity index (χ2v) is 6.25. The van der Waals surface area contributed by atoms with Crippen LogP contribution in [0, 0.1) is 6.92 Å². The fourth-order valence-electron chi connectivity index (χ4n) is 2.09. The summed E-state index contributed by atoms with van der Waals surface area (Å²) in [6, 6.07) is 17.3. The van der Waals surface area contributed by atoms with Crippen molar-refractivity contribution in [1.29, 1.82) is 0 Å². The van der Waals surface area contributed by atoms with Crippen LogP contribution in [0.3, 0.4) is 0 Å². The third-order valence-corrected chi connectivity index (χ3v) is 4.31. The van der Waals surface area contributed by atoms with E-state index in [-0.39, 0.29) is 6.61 Å². The summed E-state index contributed by atoms with van der Waals surface area (Å²) in [5, 5.41) is 18.5. The van der Waals surface area contributed by atoms with Crippen molar-refractivity contribution < 1.29 is 14.3 Å². The smallest absolute Gasteiger partial charge is 0.276 e. The standard InChI is InChI=1S/C18H18N2O3S/c1-13-7-5-6-10-16(13)22-11-15(21)12-24-18-20-19-17(23-18)14-8-3-2-4-9-14/h2-10,15,21H,11-12H2,1H3/t15-/m0/s1. The molecule has 24 heavy (non-hydrogen) atoms. The number of nitrogens with zero attached hydrogens (tertiary/aromatic N) is 2. The largest absolute Gasteiger partial charge is 0.491 e. The van der Waals surface area contributed by atoms with E-state index >= 15 is 0 Å². The van der Waals surface area contributed by atoms with E-state index in [1.165, 1.54) is 11.8 Å². The first-order valence-corrected chi connectivity index (χ1v) is 8.59. The molecule has 0 saturated carbocycles. The second-order valence-electron chi connectivity index (χ2n) is 5.28. The summed E-state index contributed by atoms with van der Waals surface area (Å²) in [6.45, 7) is 2.19. The van der Waals surface area contributed by atoms with Crippen molar-refractivity contribution in [2.45, 2.75) is 18.3 Å². The Morgan fingerprint density at radius 2 is 1.83 bits per heavy atom. The first-order valence-electron chi connectivity index (χ1n) is 7.60. The van der Waals surface area contributed by atoms with E-state index in [0.717, 1.165) is 16.9 Å². The van der Waals surface area contributed by atoms with Crippen LogP contribution in [0.4, 0.5) is 0 Å². The lowest BCUT2D eigenvalue weighted by molar-refractivity contribution is 0.126. The number of benzene rings is 2. The highest BCUT2D eigenvalue weighted by Gasteiger charge is 2.12. The highest BCUT2D eigenvalue weighted by molar-refractivity contribution is 7.99. The van der Waals surface area contributed by atoms with Crippen LogP contribution in [0.5, 0.6) is 5.75 Å². The number of ether oxygens (including phenoxy) is 1. The van der Waals surface area contributed by atoms with E-state index in [9.17, 15) is 5.11 Å². The lowest BCUT2D eigenvalue weighted by Crippen LogP contribution is -2.20. The topological polar surface area (TPSA) is 68.4 Å². The summed E-state index contributed by atoms with van der Waals surface area (Å²) in [4.78, 5) is 0. The van der Waals surface area contributed by atoms with Crippen molar-refractivity contribution in [2.24, 2.45) is 0 Å². The molecule has 0 aliphatic rings. The Kier molecular flexibility index (Phi) is 5.51. The van der Waals surface area contributed by atoms with Gasteiger partial charge in [0, 0.05) is 11.3 Å². The van der Waals surface area contributed by atoms with E-state index in [4.69, 9.17) is 9.15 Å². The zero-order valence-electron chi connectivity index (χ0n) is 13.3. The molecule has 1 heterocycles. The number of para-hydroxylation sites is 1. The number of rotatable bonds is 7. The van der Waals surface area contributed by atoms with Crippen LogP contribution in [0.15, 0.2) is 64.2 Å². The number of aliphatic hydroxyl groups is 1. The Balaban J connectivity index is 1.49. The molecule has 0 amide bonds. The van der Waals surface area contributed by atoms with Gasteiger partial charge >= 0.3 is 0 Å². The molecule has 0 aliphatic heterocycles. The monoisotopic (exact) mass is 342 g/mol. The number of aromatic nitrogens is 2. The molecular weight excluding hydrogens is 324 g/mol. The lowest BCUT2D eigenvalue weighted by Gasteiger charge is -2.12. The molecule has 3 rings (SSSR count). The Hall–Kier alpha value is -2.31. The molecule has 1 N–H and O–H groups in total. The lowest BCUT2D eigenvalue weighted by atomic mass is 10.2. The van der Waals surface area contributed by atoms with Crippen molar-refractivity contribution in [3.05, 3.63) is 60.2 Å². The molecule has 1 aromatic heterocycles. The van der Waals surface area contributed by atoms with E-state index in [1.807, 2.05) is 61.5 Å². The van der Waals surface area contributed by atoms with Crippen LogP contribution < -0.4 is 4.74 Å². The van der Waals surface area contributed by atoms with Crippen molar-refractivity contribution >= 4 is 11.8 Å². The average Bonchev–Trinajstić information content (AvgIpc) is 3.09. The van der Waals surface area contributed by atoms with Gasteiger partial charge in [0.25, 0.3) is 5.22 Å². The van der Waals surface area contributed by atoms with Crippen LogP contribution in [0.2, 0.25) is 0 Å². The van der Waals surface area contributed by atoms with Crippen molar-refractivity contribution in [2.75, 3.05) is 12.4 Å². The first-order chi connectivity index (χ1) is 11.7. The Bertz CT molecular complexity index is 777. The molecule has 124 valence electrons. The van der Waals surface area contributed by atoms with Gasteiger partial charge in [-0.2, -0.15) is 0 Å². The SMILES string of the molecule is Cc1ccccc1OC[C@H](O)CSc1nnc(-c2ccccc2)o1. The minimum Gasteiger partial charge on any atom is -0.491 e. The molecule has 0 aliphatic carbocycles. The maximum Gasteiger partial charge on any atom is 0.276 e. The van der Waals surface area contributed by atoms with E-state index in [1.54, 1.807) is 0 Å². The maximum atomic E-state index is 10.1. The van der Waals surface area contributed by atoms with Crippen LogP contribution in [-0.2, 0) is 0 Å². The molecule has 2 aromatic carbocycles. The van der Waals surface area contributed by atoms with Crippen molar-refractivity contribution in [1.82, 2.24) is 10.2 Å². The molecule has 0 saturated heterocycles. The van der Waals surface area contributed by atoms with Gasteiger partial charge in [0.2, 0.25) is 5.89 Å². The normalized spacial score (nSPS) is 12.1. The number of thioether (sulfide) groups is 1. The predicted molar refractivity (Wildman–Crippen MR) is 93.1 cm³/mol. The second kappa shape index (κ2) is 7.99. The summed E-state index contributed by atoms with van der Waals surface area (Å²) in [5.41, 5.74) is 1.92. The number of hydrogen-bond donors (Lipinski definition) is 1. The molecule has 0 fully saturated rings. The molecule has 0 unspecified atom stereocenters. The zero-order valence-corrected chi connectivity index (χ0v) is 14.1. The van der Waals surface area contributed by atoms with Crippen LogP contribution in [0.25, 0.3) is 11.5 Å². The average molecular weight is 342 g/mol. The van der Waals surface area contributed by atoms with E-state index in [2.05, 4.69) is 10.2 Å². The number of aryl methyl sites for hydroxylation is 1. The Morgan fingerprint density at radius 1 is 1.08 bits per heavy atom. The van der Waals surface area contributed by atoms with Gasteiger partial charge < -0.3 is 14.3 Å². The van der Waals surface area contributed by atoms with Gasteiger partial charge in [-0.3, -0.25) is 0 Å². The van der Waals surface area contributed by atoms with Crippen molar-refractivity contribution in [3.8, 4) is 17.2 Å². The quantitative estimate of drug-likeness (QED) is 0.662. The molecule has 3 aromatic rings. The summed E-state index contributed by atoms with van der Waals surface area (Å²) in [6.07, 6.45) is -0.623. The molecule has 0 bridgehead atoms. The summed E-state index contributed by atoms with van der Waals surface area (Å²) >= 11 is 1.31. The van der Waals surface area contributed by atoms with E-state index < -0.39 is 6.10 Å². The fraction of sp³-hybridized carbons (Fsp3) is 0.222. The number of hydrogen-bond acceptors (Lipinski definition) is 6. The van der Waals surface area contributed by atoms with Gasteiger partial charge in [-0.1, -0.05) is 48.2 Å². The van der Waals surface area contributed by atoms with Gasteiger partial charge in [0.05, 0.1) is 6.10 Å². The highest BCUT2D eigenvalue weighted by Crippen LogP contribution is 2.23. The van der Waals surface area contributed by atoms with Gasteiger partial charge in [0.15, 0.2) is 0 Å². The number of aliphatic hydroxyl groups excluding tert-OH is 1. The molecule has 6 heteroatoms. The zero-order chi connectivity index (χ0) is 16.8. The molecule has 0 spiro atoms. The minimum atomic E-state index is -0.623. The van der Waals surface area contributed by atoms with Crippen molar-refractivity contribution in [3.63, 3.8) is 0 Å². The molecular formula is C18H18N2O3S. The Morgan fingerprint density at radius 3 is 2.62 bits per heavy atom. The van der Waals surface area contributed by atoms with Crippen LogP contribution in [-0.4, -0.2) is 33.8 Å². The van der Waals surface area contributed by atoms with Crippen LogP contribution in [0.1, 0.15) is 5.56 Å². The van der Waals surface area contributed by atoms with Crippen LogP contribution >= 0.6 is 11.8 Å². The third kappa shape index (κ3) is 4.37. The maximum absolute atomic E-state index is 10.1. The summed E-state index contributed by atoms with van der Waals surface area (Å²) in [7, 11) is 0. The third-order valence-electron chi connectivity index (χ3n) is 3.35. The predicted octanol–water partition coefficient (Wildman–Crippen LogP) is 3.58. The van der Waals surface area contributed by atoms with Gasteiger partial charge in [-0.05, 0) is 30.7 Å². The summed E-state index contributed by atoms with van der Waals surface area (Å²) in [5.74, 6) is 1.68. The minimum absolute atomic E-state index is 0.220. The molecule has 5 nitrogen and oxygen atoms in total. The van der Waals surface area contributed by atoms with E-state index in [0.29, 0.717) is 16.9 Å².